The number of thiophene rings is 1. The standard InChI is InChI=1S/C19H19N3OS/c1-22(2)18-16(9-6-12-20-18)19(23)21-13-15-10-11-17(24-15)14-7-4-3-5-8-14/h3-12H,13H2,1-2H3,(H,21,23). The van der Waals surface area contributed by atoms with Crippen molar-refractivity contribution in [3.05, 3.63) is 71.2 Å². The first-order chi connectivity index (χ1) is 11.6. The van der Waals surface area contributed by atoms with Crippen LogP contribution in [0, 0.1) is 0 Å². The summed E-state index contributed by atoms with van der Waals surface area (Å²) in [6.07, 6.45) is 1.69. The fourth-order valence-electron chi connectivity index (χ4n) is 2.42. The summed E-state index contributed by atoms with van der Waals surface area (Å²) in [5.41, 5.74) is 1.78. The Morgan fingerprint density at radius 2 is 1.88 bits per heavy atom. The predicted molar refractivity (Wildman–Crippen MR) is 99.5 cm³/mol. The maximum atomic E-state index is 12.4. The van der Waals surface area contributed by atoms with Crippen LogP contribution in [0.15, 0.2) is 60.8 Å². The zero-order valence-corrected chi connectivity index (χ0v) is 14.5. The molecule has 4 nitrogen and oxygen atoms in total. The normalized spacial score (nSPS) is 10.4. The highest BCUT2D eigenvalue weighted by atomic mass is 32.1. The molecule has 122 valence electrons. The van der Waals surface area contributed by atoms with E-state index >= 15 is 0 Å². The number of benzene rings is 1. The second-order valence-corrected chi connectivity index (χ2v) is 6.75. The van der Waals surface area contributed by atoms with E-state index in [0.717, 1.165) is 4.88 Å². The highest BCUT2D eigenvalue weighted by Gasteiger charge is 2.13. The summed E-state index contributed by atoms with van der Waals surface area (Å²) < 4.78 is 0. The van der Waals surface area contributed by atoms with E-state index in [0.29, 0.717) is 17.9 Å². The van der Waals surface area contributed by atoms with Crippen molar-refractivity contribution in [1.82, 2.24) is 10.3 Å². The Morgan fingerprint density at radius 3 is 2.62 bits per heavy atom. The van der Waals surface area contributed by atoms with Crippen molar-refractivity contribution in [2.24, 2.45) is 0 Å². The number of carbonyl (C=O) groups is 1. The summed E-state index contributed by atoms with van der Waals surface area (Å²) in [7, 11) is 3.76. The lowest BCUT2D eigenvalue weighted by Crippen LogP contribution is -2.25. The maximum Gasteiger partial charge on any atom is 0.255 e. The van der Waals surface area contributed by atoms with E-state index < -0.39 is 0 Å². The van der Waals surface area contributed by atoms with Gasteiger partial charge in [-0.3, -0.25) is 4.79 Å². The van der Waals surface area contributed by atoms with Gasteiger partial charge >= 0.3 is 0 Å². The Morgan fingerprint density at radius 1 is 1.08 bits per heavy atom. The Kier molecular flexibility index (Phi) is 4.91. The summed E-state index contributed by atoms with van der Waals surface area (Å²) >= 11 is 1.69. The lowest BCUT2D eigenvalue weighted by Gasteiger charge is -2.15. The molecule has 0 saturated heterocycles. The van der Waals surface area contributed by atoms with Gasteiger partial charge in [0, 0.05) is 30.0 Å². The van der Waals surface area contributed by atoms with Crippen LogP contribution in [0.2, 0.25) is 0 Å². The average Bonchev–Trinajstić information content (AvgIpc) is 3.09. The fraction of sp³-hybridized carbons (Fsp3) is 0.158. The Hall–Kier alpha value is -2.66. The molecule has 24 heavy (non-hydrogen) atoms. The Bertz CT molecular complexity index is 827. The third kappa shape index (κ3) is 3.63. The molecule has 3 aromatic rings. The van der Waals surface area contributed by atoms with Gasteiger partial charge in [-0.15, -0.1) is 11.3 Å². The number of aromatic nitrogens is 1. The van der Waals surface area contributed by atoms with E-state index in [4.69, 9.17) is 0 Å². The van der Waals surface area contributed by atoms with Crippen LogP contribution in [-0.4, -0.2) is 25.0 Å². The van der Waals surface area contributed by atoms with Gasteiger partial charge in [0.2, 0.25) is 0 Å². The minimum atomic E-state index is -0.110. The molecule has 0 aliphatic carbocycles. The number of hydrogen-bond donors (Lipinski definition) is 1. The monoisotopic (exact) mass is 337 g/mol. The molecule has 2 aromatic heterocycles. The number of nitrogens with zero attached hydrogens (tertiary/aromatic N) is 2. The topological polar surface area (TPSA) is 45.2 Å². The molecule has 3 rings (SSSR count). The first-order valence-electron chi connectivity index (χ1n) is 7.70. The van der Waals surface area contributed by atoms with Crippen molar-refractivity contribution in [2.75, 3.05) is 19.0 Å². The van der Waals surface area contributed by atoms with Gasteiger partial charge in [0.1, 0.15) is 5.82 Å². The molecular formula is C19H19N3OS. The molecule has 0 aliphatic rings. The smallest absolute Gasteiger partial charge is 0.255 e. The lowest BCUT2D eigenvalue weighted by molar-refractivity contribution is 0.0951. The van der Waals surface area contributed by atoms with E-state index in [1.54, 1.807) is 29.7 Å². The Balaban J connectivity index is 1.68. The number of carbonyl (C=O) groups excluding carboxylic acids is 1. The zero-order valence-electron chi connectivity index (χ0n) is 13.7. The largest absolute Gasteiger partial charge is 0.362 e. The van der Waals surface area contributed by atoms with E-state index in [-0.39, 0.29) is 5.91 Å². The molecule has 1 N–H and O–H groups in total. The third-order valence-electron chi connectivity index (χ3n) is 3.60. The second kappa shape index (κ2) is 7.27. The number of amides is 1. The molecule has 0 aliphatic heterocycles. The van der Waals surface area contributed by atoms with Gasteiger partial charge in [-0.2, -0.15) is 0 Å². The van der Waals surface area contributed by atoms with Crippen molar-refractivity contribution in [2.45, 2.75) is 6.54 Å². The first kappa shape index (κ1) is 16.2. The molecular weight excluding hydrogens is 318 g/mol. The fourth-order valence-corrected chi connectivity index (χ4v) is 3.38. The van der Waals surface area contributed by atoms with Gasteiger partial charge < -0.3 is 10.2 Å². The highest BCUT2D eigenvalue weighted by Crippen LogP contribution is 2.27. The second-order valence-electron chi connectivity index (χ2n) is 5.58. The average molecular weight is 337 g/mol. The first-order valence-corrected chi connectivity index (χ1v) is 8.51. The molecule has 1 aromatic carbocycles. The molecule has 2 heterocycles. The minimum absolute atomic E-state index is 0.110. The van der Waals surface area contributed by atoms with Gasteiger partial charge in [-0.1, -0.05) is 30.3 Å². The van der Waals surface area contributed by atoms with Gasteiger partial charge in [0.15, 0.2) is 0 Å². The number of hydrogen-bond acceptors (Lipinski definition) is 4. The van der Waals surface area contributed by atoms with Crippen LogP contribution in [0.5, 0.6) is 0 Å². The van der Waals surface area contributed by atoms with Crippen LogP contribution in [0.3, 0.4) is 0 Å². The highest BCUT2D eigenvalue weighted by molar-refractivity contribution is 7.15. The molecule has 0 unspecified atom stereocenters. The van der Waals surface area contributed by atoms with Crippen LogP contribution < -0.4 is 10.2 Å². The molecule has 0 atom stereocenters. The van der Waals surface area contributed by atoms with Crippen LogP contribution in [0.1, 0.15) is 15.2 Å². The van der Waals surface area contributed by atoms with Crippen LogP contribution in [0.4, 0.5) is 5.82 Å². The SMILES string of the molecule is CN(C)c1ncccc1C(=O)NCc1ccc(-c2ccccc2)s1. The van der Waals surface area contributed by atoms with E-state index in [9.17, 15) is 4.79 Å². The molecule has 5 heteroatoms. The van der Waals surface area contributed by atoms with E-state index in [1.807, 2.05) is 37.2 Å². The van der Waals surface area contributed by atoms with Gasteiger partial charge in [0.05, 0.1) is 12.1 Å². The number of rotatable bonds is 5. The van der Waals surface area contributed by atoms with Crippen molar-refractivity contribution in [3.63, 3.8) is 0 Å². The molecule has 1 amide bonds. The summed E-state index contributed by atoms with van der Waals surface area (Å²) in [5, 5.41) is 2.98. The van der Waals surface area contributed by atoms with Crippen LogP contribution >= 0.6 is 11.3 Å². The molecule has 0 saturated carbocycles. The lowest BCUT2D eigenvalue weighted by atomic mass is 10.2. The molecule has 0 spiro atoms. The van der Waals surface area contributed by atoms with Crippen molar-refractivity contribution < 1.29 is 4.79 Å². The van der Waals surface area contributed by atoms with Gasteiger partial charge in [0.25, 0.3) is 5.91 Å². The van der Waals surface area contributed by atoms with E-state index in [1.165, 1.54) is 10.4 Å². The summed E-state index contributed by atoms with van der Waals surface area (Å²) in [4.78, 5) is 20.9. The van der Waals surface area contributed by atoms with E-state index in [2.05, 4.69) is 34.6 Å². The maximum absolute atomic E-state index is 12.4. The number of nitrogens with one attached hydrogen (secondary N) is 1. The summed E-state index contributed by atoms with van der Waals surface area (Å²) in [6.45, 7) is 0.512. The van der Waals surface area contributed by atoms with Crippen LogP contribution in [0.25, 0.3) is 10.4 Å². The quantitative estimate of drug-likeness (QED) is 0.770. The third-order valence-corrected chi connectivity index (χ3v) is 4.73. The number of anilines is 1. The minimum Gasteiger partial charge on any atom is -0.362 e. The van der Waals surface area contributed by atoms with Gasteiger partial charge in [-0.25, -0.2) is 4.98 Å². The van der Waals surface area contributed by atoms with Crippen molar-refractivity contribution in [1.29, 1.82) is 0 Å². The zero-order chi connectivity index (χ0) is 16.9. The summed E-state index contributed by atoms with van der Waals surface area (Å²) in [5.74, 6) is 0.563. The van der Waals surface area contributed by atoms with Crippen molar-refractivity contribution in [3.8, 4) is 10.4 Å². The van der Waals surface area contributed by atoms with Crippen LogP contribution in [-0.2, 0) is 6.54 Å². The molecule has 0 radical (unpaired) electrons. The van der Waals surface area contributed by atoms with Gasteiger partial charge in [-0.05, 0) is 29.8 Å². The van der Waals surface area contributed by atoms with Crippen molar-refractivity contribution >= 4 is 23.1 Å². The molecule has 0 bridgehead atoms. The molecule has 0 fully saturated rings. The Labute approximate surface area is 145 Å². The number of pyridine rings is 1. The summed E-state index contributed by atoms with van der Waals surface area (Å²) in [6, 6.07) is 18.0. The predicted octanol–water partition coefficient (Wildman–Crippen LogP) is 3.81.